The van der Waals surface area contributed by atoms with E-state index in [9.17, 15) is 4.79 Å². The predicted octanol–water partition coefficient (Wildman–Crippen LogP) is 3.88. The van der Waals surface area contributed by atoms with Gasteiger partial charge in [0.05, 0.1) is 0 Å². The van der Waals surface area contributed by atoms with Crippen molar-refractivity contribution in [2.45, 2.75) is 58.4 Å². The van der Waals surface area contributed by atoms with Crippen LogP contribution >= 0.6 is 0 Å². The minimum absolute atomic E-state index is 0.0123. The maximum Gasteiger partial charge on any atom is 0.258 e. The summed E-state index contributed by atoms with van der Waals surface area (Å²) in [7, 11) is 0. The molecular formula is C18H27NO2. The van der Waals surface area contributed by atoms with Gasteiger partial charge < -0.3 is 10.1 Å². The first-order chi connectivity index (χ1) is 10.1. The summed E-state index contributed by atoms with van der Waals surface area (Å²) in [5.74, 6) is 1.83. The summed E-state index contributed by atoms with van der Waals surface area (Å²) < 4.78 is 5.57. The largest absolute Gasteiger partial charge is 0.484 e. The highest BCUT2D eigenvalue weighted by Gasteiger charge is 2.22. The lowest BCUT2D eigenvalue weighted by atomic mass is 9.86. The van der Waals surface area contributed by atoms with Crippen molar-refractivity contribution in [2.75, 3.05) is 6.61 Å². The number of benzene rings is 1. The highest BCUT2D eigenvalue weighted by molar-refractivity contribution is 5.77. The molecule has 1 aromatic rings. The summed E-state index contributed by atoms with van der Waals surface area (Å²) in [5.41, 5.74) is 1.28. The summed E-state index contributed by atoms with van der Waals surface area (Å²) in [6.07, 6.45) is 4.80. The van der Waals surface area contributed by atoms with Crippen LogP contribution in [0.2, 0.25) is 0 Å². The van der Waals surface area contributed by atoms with Crippen LogP contribution in [-0.4, -0.2) is 18.6 Å². The molecule has 0 bridgehead atoms. The van der Waals surface area contributed by atoms with Gasteiger partial charge in [-0.1, -0.05) is 45.7 Å². The van der Waals surface area contributed by atoms with Gasteiger partial charge in [-0.25, -0.2) is 0 Å². The van der Waals surface area contributed by atoms with Gasteiger partial charge >= 0.3 is 0 Å². The van der Waals surface area contributed by atoms with Crippen molar-refractivity contribution in [3.05, 3.63) is 29.8 Å². The van der Waals surface area contributed by atoms with E-state index in [0.29, 0.717) is 17.9 Å². The molecule has 0 aliphatic heterocycles. The number of hydrogen-bond donors (Lipinski definition) is 1. The molecule has 1 saturated carbocycles. The molecule has 3 heteroatoms. The molecule has 3 nitrogen and oxygen atoms in total. The summed E-state index contributed by atoms with van der Waals surface area (Å²) in [6, 6.07) is 8.30. The zero-order valence-electron chi connectivity index (χ0n) is 13.4. The van der Waals surface area contributed by atoms with E-state index < -0.39 is 0 Å². The molecular weight excluding hydrogens is 262 g/mol. The first-order valence-electron chi connectivity index (χ1n) is 8.08. The van der Waals surface area contributed by atoms with Crippen LogP contribution in [0.1, 0.15) is 57.9 Å². The molecule has 1 N–H and O–H groups in total. The molecule has 0 heterocycles. The van der Waals surface area contributed by atoms with Crippen LogP contribution in [-0.2, 0) is 4.79 Å². The van der Waals surface area contributed by atoms with E-state index >= 15 is 0 Å². The molecule has 0 aromatic heterocycles. The summed E-state index contributed by atoms with van der Waals surface area (Å²) in [5, 5.41) is 3.10. The Morgan fingerprint density at radius 2 is 1.90 bits per heavy atom. The number of ether oxygens (including phenoxy) is 1. The Kier molecular flexibility index (Phi) is 5.66. The number of carbonyl (C=O) groups excluding carboxylic acids is 1. The molecule has 1 aliphatic carbocycles. The van der Waals surface area contributed by atoms with Crippen molar-refractivity contribution in [3.8, 4) is 5.75 Å². The van der Waals surface area contributed by atoms with Crippen LogP contribution in [0.25, 0.3) is 0 Å². The minimum Gasteiger partial charge on any atom is -0.484 e. The molecule has 2 rings (SSSR count). The fourth-order valence-corrected chi connectivity index (χ4v) is 2.88. The van der Waals surface area contributed by atoms with E-state index in [-0.39, 0.29) is 12.5 Å². The van der Waals surface area contributed by atoms with E-state index in [1.165, 1.54) is 24.8 Å². The van der Waals surface area contributed by atoms with Gasteiger partial charge in [0.2, 0.25) is 0 Å². The van der Waals surface area contributed by atoms with Gasteiger partial charge in [-0.15, -0.1) is 0 Å². The third kappa shape index (κ3) is 4.76. The molecule has 0 saturated heterocycles. The Morgan fingerprint density at radius 1 is 1.24 bits per heavy atom. The van der Waals surface area contributed by atoms with Gasteiger partial charge in [0.1, 0.15) is 5.75 Å². The Hall–Kier alpha value is -1.51. The van der Waals surface area contributed by atoms with Crippen LogP contribution in [0.15, 0.2) is 24.3 Å². The molecule has 1 fully saturated rings. The summed E-state index contributed by atoms with van der Waals surface area (Å²) >= 11 is 0. The Balaban J connectivity index is 1.78. The third-order valence-electron chi connectivity index (χ3n) is 4.37. The first kappa shape index (κ1) is 15.9. The second-order valence-electron chi connectivity index (χ2n) is 6.45. The third-order valence-corrected chi connectivity index (χ3v) is 4.37. The van der Waals surface area contributed by atoms with Crippen LogP contribution in [0.4, 0.5) is 0 Å². The maximum atomic E-state index is 12.0. The number of carbonyl (C=O) groups is 1. The van der Waals surface area contributed by atoms with Gasteiger partial charge in [0.15, 0.2) is 6.61 Å². The Bertz CT molecular complexity index is 453. The van der Waals surface area contributed by atoms with Crippen molar-refractivity contribution >= 4 is 5.91 Å². The lowest BCUT2D eigenvalue weighted by Crippen LogP contribution is -2.43. The van der Waals surface area contributed by atoms with Crippen LogP contribution in [0.5, 0.6) is 5.75 Å². The second kappa shape index (κ2) is 7.48. The minimum atomic E-state index is -0.0123. The monoisotopic (exact) mass is 289 g/mol. The van der Waals surface area contributed by atoms with Crippen LogP contribution in [0, 0.1) is 5.92 Å². The Morgan fingerprint density at radius 3 is 2.52 bits per heavy atom. The number of rotatable bonds is 5. The average Bonchev–Trinajstić information content (AvgIpc) is 2.48. The summed E-state index contributed by atoms with van der Waals surface area (Å²) in [6.45, 7) is 6.64. The van der Waals surface area contributed by atoms with Crippen LogP contribution in [0.3, 0.4) is 0 Å². The number of nitrogens with one attached hydrogen (secondary N) is 1. The van der Waals surface area contributed by atoms with Crippen molar-refractivity contribution in [1.82, 2.24) is 5.32 Å². The van der Waals surface area contributed by atoms with E-state index in [0.717, 1.165) is 12.2 Å². The Labute approximate surface area is 128 Å². The van der Waals surface area contributed by atoms with E-state index in [4.69, 9.17) is 4.74 Å². The number of hydrogen-bond acceptors (Lipinski definition) is 2. The van der Waals surface area contributed by atoms with E-state index in [1.54, 1.807) is 0 Å². The fraction of sp³-hybridized carbons (Fsp3) is 0.611. The second-order valence-corrected chi connectivity index (χ2v) is 6.45. The smallest absolute Gasteiger partial charge is 0.258 e. The highest BCUT2D eigenvalue weighted by atomic mass is 16.5. The molecule has 21 heavy (non-hydrogen) atoms. The van der Waals surface area contributed by atoms with Gasteiger partial charge in [-0.05, 0) is 42.4 Å². The van der Waals surface area contributed by atoms with E-state index in [1.807, 2.05) is 12.1 Å². The van der Waals surface area contributed by atoms with Gasteiger partial charge in [0, 0.05) is 6.04 Å². The normalized spacial score (nSPS) is 22.1. The fourth-order valence-electron chi connectivity index (χ4n) is 2.88. The van der Waals surface area contributed by atoms with Gasteiger partial charge in [-0.3, -0.25) is 4.79 Å². The molecule has 116 valence electrons. The number of amides is 1. The highest BCUT2D eigenvalue weighted by Crippen LogP contribution is 2.23. The molecule has 2 atom stereocenters. The van der Waals surface area contributed by atoms with Gasteiger partial charge in [0.25, 0.3) is 5.91 Å². The average molecular weight is 289 g/mol. The lowest BCUT2D eigenvalue weighted by Gasteiger charge is -2.29. The molecule has 2 unspecified atom stereocenters. The molecule has 1 aromatic carbocycles. The topological polar surface area (TPSA) is 38.3 Å². The molecule has 0 radical (unpaired) electrons. The summed E-state index contributed by atoms with van der Waals surface area (Å²) in [4.78, 5) is 12.0. The molecule has 1 aliphatic rings. The van der Waals surface area contributed by atoms with Crippen LogP contribution < -0.4 is 10.1 Å². The van der Waals surface area contributed by atoms with Crippen molar-refractivity contribution < 1.29 is 9.53 Å². The zero-order chi connectivity index (χ0) is 15.2. The van der Waals surface area contributed by atoms with Gasteiger partial charge in [-0.2, -0.15) is 0 Å². The predicted molar refractivity (Wildman–Crippen MR) is 85.6 cm³/mol. The quantitative estimate of drug-likeness (QED) is 0.893. The lowest BCUT2D eigenvalue weighted by molar-refractivity contribution is -0.124. The molecule has 1 amide bonds. The maximum absolute atomic E-state index is 12.0. The first-order valence-corrected chi connectivity index (χ1v) is 8.08. The van der Waals surface area contributed by atoms with Crippen molar-refractivity contribution in [2.24, 2.45) is 5.92 Å². The SMILES string of the molecule is CC(C)c1ccc(OCC(=O)NC2CCCCC2C)cc1. The van der Waals surface area contributed by atoms with E-state index in [2.05, 4.69) is 38.2 Å². The van der Waals surface area contributed by atoms with Crippen molar-refractivity contribution in [1.29, 1.82) is 0 Å². The zero-order valence-corrected chi connectivity index (χ0v) is 13.4. The standard InChI is InChI=1S/C18H27NO2/c1-13(2)15-8-10-16(11-9-15)21-12-18(20)19-17-7-5-4-6-14(17)3/h8-11,13-14,17H,4-7,12H2,1-3H3,(H,19,20). The van der Waals surface area contributed by atoms with Crippen molar-refractivity contribution in [3.63, 3.8) is 0 Å². The molecule has 0 spiro atoms.